The maximum absolute atomic E-state index is 12.0. The van der Waals surface area contributed by atoms with E-state index in [4.69, 9.17) is 4.74 Å². The van der Waals surface area contributed by atoms with Gasteiger partial charge < -0.3 is 15.4 Å². The molecular formula is C17H22N2O3. The summed E-state index contributed by atoms with van der Waals surface area (Å²) < 4.78 is 5.05. The lowest BCUT2D eigenvalue weighted by Crippen LogP contribution is -2.29. The summed E-state index contributed by atoms with van der Waals surface area (Å²) in [5.41, 5.74) is 1.85. The lowest BCUT2D eigenvalue weighted by Gasteiger charge is -2.14. The zero-order valence-electron chi connectivity index (χ0n) is 12.9. The van der Waals surface area contributed by atoms with Crippen LogP contribution in [0.5, 0.6) is 5.75 Å². The minimum Gasteiger partial charge on any atom is -0.497 e. The van der Waals surface area contributed by atoms with Crippen LogP contribution in [0, 0.1) is 0 Å². The molecule has 0 spiro atoms. The van der Waals surface area contributed by atoms with Crippen molar-refractivity contribution in [2.24, 2.45) is 0 Å². The van der Waals surface area contributed by atoms with Crippen molar-refractivity contribution in [3.05, 3.63) is 41.5 Å². The van der Waals surface area contributed by atoms with Gasteiger partial charge in [0.05, 0.1) is 7.11 Å². The van der Waals surface area contributed by atoms with E-state index in [9.17, 15) is 9.59 Å². The number of ether oxygens (including phenoxy) is 1. The number of nitrogens with one attached hydrogen (secondary N) is 2. The fraction of sp³-hybridized carbons (Fsp3) is 0.412. The minimum absolute atomic E-state index is 0.0288. The van der Waals surface area contributed by atoms with E-state index >= 15 is 0 Å². The predicted octanol–water partition coefficient (Wildman–Crippen LogP) is 1.69. The van der Waals surface area contributed by atoms with Gasteiger partial charge in [0.25, 0.3) is 0 Å². The van der Waals surface area contributed by atoms with Gasteiger partial charge in [-0.05, 0) is 37.2 Å². The van der Waals surface area contributed by atoms with Gasteiger partial charge in [0, 0.05) is 31.5 Å². The number of ketones is 1. The highest BCUT2D eigenvalue weighted by atomic mass is 16.5. The summed E-state index contributed by atoms with van der Waals surface area (Å²) in [7, 11) is 1.58. The van der Waals surface area contributed by atoms with Crippen LogP contribution in [-0.2, 0) is 4.79 Å². The normalized spacial score (nSPS) is 14.1. The lowest BCUT2D eigenvalue weighted by atomic mass is 10.1. The van der Waals surface area contributed by atoms with Crippen LogP contribution >= 0.6 is 0 Å². The minimum atomic E-state index is -0.0821. The molecule has 0 saturated heterocycles. The number of benzene rings is 1. The van der Waals surface area contributed by atoms with Crippen molar-refractivity contribution in [1.29, 1.82) is 0 Å². The van der Waals surface area contributed by atoms with Gasteiger partial charge in [0.2, 0.25) is 5.91 Å². The van der Waals surface area contributed by atoms with Crippen molar-refractivity contribution >= 4 is 11.7 Å². The summed E-state index contributed by atoms with van der Waals surface area (Å²) in [5, 5.41) is 6.10. The van der Waals surface area contributed by atoms with E-state index in [2.05, 4.69) is 16.7 Å². The first kappa shape index (κ1) is 16.2. The quantitative estimate of drug-likeness (QED) is 0.594. The molecule has 1 aromatic rings. The zero-order chi connectivity index (χ0) is 15.8. The highest BCUT2D eigenvalue weighted by Gasteiger charge is 2.10. The molecule has 1 aromatic carbocycles. The largest absolute Gasteiger partial charge is 0.497 e. The topological polar surface area (TPSA) is 67.4 Å². The summed E-state index contributed by atoms with van der Waals surface area (Å²) >= 11 is 0. The Morgan fingerprint density at radius 3 is 2.64 bits per heavy atom. The highest BCUT2D eigenvalue weighted by Crippen LogP contribution is 2.13. The molecule has 0 aromatic heterocycles. The SMILES string of the molecule is COc1ccc(C(=O)CCC(=O)NCC2=CCNCC2)cc1. The first-order valence-electron chi connectivity index (χ1n) is 7.51. The summed E-state index contributed by atoms with van der Waals surface area (Å²) in [6.45, 7) is 2.40. The molecule has 0 unspecified atom stereocenters. The van der Waals surface area contributed by atoms with E-state index in [1.807, 2.05) is 0 Å². The van der Waals surface area contributed by atoms with Gasteiger partial charge >= 0.3 is 0 Å². The third kappa shape index (κ3) is 5.00. The Kier molecular flexibility index (Phi) is 6.15. The van der Waals surface area contributed by atoms with Gasteiger partial charge in [-0.1, -0.05) is 11.6 Å². The molecule has 5 heteroatoms. The fourth-order valence-electron chi connectivity index (χ4n) is 2.28. The second kappa shape index (κ2) is 8.34. The molecule has 0 fully saturated rings. The van der Waals surface area contributed by atoms with Crippen molar-refractivity contribution in [1.82, 2.24) is 10.6 Å². The Morgan fingerprint density at radius 2 is 2.00 bits per heavy atom. The van der Waals surface area contributed by atoms with Gasteiger partial charge in [-0.3, -0.25) is 9.59 Å². The zero-order valence-corrected chi connectivity index (χ0v) is 12.9. The van der Waals surface area contributed by atoms with Crippen LogP contribution in [0.3, 0.4) is 0 Å². The maximum Gasteiger partial charge on any atom is 0.220 e. The number of Topliss-reactive ketones (excluding diaryl/α,β-unsaturated/α-hetero) is 1. The average molecular weight is 302 g/mol. The number of hydrogen-bond donors (Lipinski definition) is 2. The molecule has 0 saturated carbocycles. The Morgan fingerprint density at radius 1 is 1.23 bits per heavy atom. The van der Waals surface area contributed by atoms with Crippen LogP contribution in [0.25, 0.3) is 0 Å². The standard InChI is InChI=1S/C17H22N2O3/c1-22-15-4-2-14(3-5-15)16(20)6-7-17(21)19-12-13-8-10-18-11-9-13/h2-5,8,18H,6-7,9-12H2,1H3,(H,19,21). The molecule has 0 aliphatic carbocycles. The summed E-state index contributed by atoms with van der Waals surface area (Å²) in [6, 6.07) is 6.94. The average Bonchev–Trinajstić information content (AvgIpc) is 2.58. The molecular weight excluding hydrogens is 280 g/mol. The number of methoxy groups -OCH3 is 1. The fourth-order valence-corrected chi connectivity index (χ4v) is 2.28. The van der Waals surface area contributed by atoms with E-state index < -0.39 is 0 Å². The van der Waals surface area contributed by atoms with Crippen molar-refractivity contribution < 1.29 is 14.3 Å². The molecule has 1 amide bonds. The third-order valence-electron chi connectivity index (χ3n) is 3.66. The summed E-state index contributed by atoms with van der Waals surface area (Å²) in [6.07, 6.45) is 3.51. The second-order valence-electron chi connectivity index (χ2n) is 5.24. The molecule has 0 atom stereocenters. The molecule has 118 valence electrons. The van der Waals surface area contributed by atoms with Crippen LogP contribution in [0.2, 0.25) is 0 Å². The summed E-state index contributed by atoms with van der Waals surface area (Å²) in [5.74, 6) is 0.602. The molecule has 2 N–H and O–H groups in total. The van der Waals surface area contributed by atoms with E-state index in [0.717, 1.165) is 19.5 Å². The van der Waals surface area contributed by atoms with Crippen molar-refractivity contribution in [2.75, 3.05) is 26.7 Å². The molecule has 0 bridgehead atoms. The predicted molar refractivity (Wildman–Crippen MR) is 85.1 cm³/mol. The van der Waals surface area contributed by atoms with E-state index in [1.165, 1.54) is 5.57 Å². The van der Waals surface area contributed by atoms with Crippen LogP contribution in [0.1, 0.15) is 29.6 Å². The van der Waals surface area contributed by atoms with Crippen LogP contribution in [0.15, 0.2) is 35.9 Å². The number of rotatable bonds is 7. The van der Waals surface area contributed by atoms with Crippen LogP contribution < -0.4 is 15.4 Å². The Labute approximate surface area is 130 Å². The first-order chi connectivity index (χ1) is 10.7. The van der Waals surface area contributed by atoms with Gasteiger partial charge in [-0.2, -0.15) is 0 Å². The molecule has 0 radical (unpaired) electrons. The summed E-state index contributed by atoms with van der Waals surface area (Å²) in [4.78, 5) is 23.8. The first-order valence-corrected chi connectivity index (χ1v) is 7.51. The monoisotopic (exact) mass is 302 g/mol. The highest BCUT2D eigenvalue weighted by molar-refractivity contribution is 5.98. The Bertz CT molecular complexity index is 550. The Hall–Kier alpha value is -2.14. The molecule has 5 nitrogen and oxygen atoms in total. The van der Waals surface area contributed by atoms with Gasteiger partial charge in [0.1, 0.15) is 5.75 Å². The lowest BCUT2D eigenvalue weighted by molar-refractivity contribution is -0.120. The van der Waals surface area contributed by atoms with Crippen LogP contribution in [0.4, 0.5) is 0 Å². The molecule has 1 aliphatic rings. The maximum atomic E-state index is 12.0. The van der Waals surface area contributed by atoms with E-state index in [-0.39, 0.29) is 24.5 Å². The number of hydrogen-bond acceptors (Lipinski definition) is 4. The van der Waals surface area contributed by atoms with Crippen molar-refractivity contribution in [3.8, 4) is 5.75 Å². The third-order valence-corrected chi connectivity index (χ3v) is 3.66. The molecule has 1 heterocycles. The number of amides is 1. The second-order valence-corrected chi connectivity index (χ2v) is 5.24. The smallest absolute Gasteiger partial charge is 0.220 e. The number of carbonyl (C=O) groups excluding carboxylic acids is 2. The van der Waals surface area contributed by atoms with E-state index in [1.54, 1.807) is 31.4 Å². The van der Waals surface area contributed by atoms with Gasteiger partial charge in [-0.25, -0.2) is 0 Å². The van der Waals surface area contributed by atoms with Crippen molar-refractivity contribution in [2.45, 2.75) is 19.3 Å². The van der Waals surface area contributed by atoms with Gasteiger partial charge in [-0.15, -0.1) is 0 Å². The Balaban J connectivity index is 1.72. The van der Waals surface area contributed by atoms with Crippen LogP contribution in [-0.4, -0.2) is 38.4 Å². The van der Waals surface area contributed by atoms with Gasteiger partial charge in [0.15, 0.2) is 5.78 Å². The molecule has 22 heavy (non-hydrogen) atoms. The van der Waals surface area contributed by atoms with Crippen molar-refractivity contribution in [3.63, 3.8) is 0 Å². The number of carbonyl (C=O) groups is 2. The van der Waals surface area contributed by atoms with E-state index in [0.29, 0.717) is 17.9 Å². The molecule has 2 rings (SSSR count). The molecule has 1 aliphatic heterocycles.